The van der Waals surface area contributed by atoms with Gasteiger partial charge >= 0.3 is 0 Å². The fourth-order valence-corrected chi connectivity index (χ4v) is 2.35. The lowest BCUT2D eigenvalue weighted by Gasteiger charge is -2.16. The number of rotatable bonds is 5. The van der Waals surface area contributed by atoms with Gasteiger partial charge in [-0.05, 0) is 31.7 Å². The van der Waals surface area contributed by atoms with Crippen LogP contribution in [0, 0.1) is 5.92 Å². The van der Waals surface area contributed by atoms with Crippen LogP contribution < -0.4 is 5.32 Å². The fraction of sp³-hybridized carbons (Fsp3) is 0.538. The molecule has 0 aliphatic heterocycles. The molecule has 2 heterocycles. The molecule has 1 aliphatic rings. The fourth-order valence-electron chi connectivity index (χ4n) is 2.35. The summed E-state index contributed by atoms with van der Waals surface area (Å²) in [5.41, 5.74) is 2.43. The van der Waals surface area contributed by atoms with Crippen molar-refractivity contribution in [1.82, 2.24) is 19.9 Å². The lowest BCUT2D eigenvalue weighted by molar-refractivity contribution is 0.484. The number of aromatic nitrogens is 3. The van der Waals surface area contributed by atoms with Crippen molar-refractivity contribution in [2.24, 2.45) is 5.92 Å². The Labute approximate surface area is 101 Å². The Kier molecular flexibility index (Phi) is 2.81. The molecule has 1 unspecified atom stereocenters. The van der Waals surface area contributed by atoms with E-state index in [4.69, 9.17) is 0 Å². The monoisotopic (exact) mass is 230 g/mol. The highest BCUT2D eigenvalue weighted by molar-refractivity contribution is 5.53. The highest BCUT2D eigenvalue weighted by atomic mass is 15.2. The van der Waals surface area contributed by atoms with Gasteiger partial charge in [-0.15, -0.1) is 0 Å². The highest BCUT2D eigenvalue weighted by Gasteiger charge is 2.33. The van der Waals surface area contributed by atoms with E-state index in [0.29, 0.717) is 6.04 Å². The quantitative estimate of drug-likeness (QED) is 0.856. The van der Waals surface area contributed by atoms with E-state index in [1.165, 1.54) is 24.8 Å². The molecule has 3 rings (SSSR count). The molecule has 1 atom stereocenters. The molecule has 90 valence electrons. The van der Waals surface area contributed by atoms with Crippen LogP contribution in [0.3, 0.4) is 0 Å². The van der Waals surface area contributed by atoms with Gasteiger partial charge in [-0.25, -0.2) is 4.52 Å². The van der Waals surface area contributed by atoms with E-state index in [-0.39, 0.29) is 0 Å². The Balaban J connectivity index is 1.94. The third kappa shape index (κ3) is 2.05. The van der Waals surface area contributed by atoms with E-state index in [2.05, 4.69) is 22.3 Å². The van der Waals surface area contributed by atoms with Crippen LogP contribution in [0.5, 0.6) is 0 Å². The highest BCUT2D eigenvalue weighted by Crippen LogP contribution is 2.41. The van der Waals surface area contributed by atoms with E-state index in [1.807, 2.05) is 23.1 Å². The van der Waals surface area contributed by atoms with E-state index in [0.717, 1.165) is 18.0 Å². The molecular formula is C13H18N4. The van der Waals surface area contributed by atoms with E-state index < -0.39 is 0 Å². The zero-order valence-corrected chi connectivity index (χ0v) is 10.1. The van der Waals surface area contributed by atoms with Crippen LogP contribution in [0.1, 0.15) is 37.8 Å². The van der Waals surface area contributed by atoms with Gasteiger partial charge in [0.1, 0.15) is 0 Å². The molecule has 0 aromatic carbocycles. The van der Waals surface area contributed by atoms with Crippen LogP contribution >= 0.6 is 0 Å². The van der Waals surface area contributed by atoms with Gasteiger partial charge in [0.15, 0.2) is 0 Å². The van der Waals surface area contributed by atoms with E-state index in [9.17, 15) is 0 Å². The molecule has 1 N–H and O–H groups in total. The summed E-state index contributed by atoms with van der Waals surface area (Å²) in [5.74, 6) is 0.787. The summed E-state index contributed by atoms with van der Waals surface area (Å²) in [4.78, 5) is 4.20. The van der Waals surface area contributed by atoms with Gasteiger partial charge in [0.2, 0.25) is 0 Å². The molecular weight excluding hydrogens is 212 g/mol. The summed E-state index contributed by atoms with van der Waals surface area (Å²) in [6, 6.07) is 0.455. The molecule has 4 nitrogen and oxygen atoms in total. The molecule has 1 fully saturated rings. The van der Waals surface area contributed by atoms with Crippen LogP contribution in [-0.4, -0.2) is 21.1 Å². The third-order valence-electron chi connectivity index (χ3n) is 3.40. The van der Waals surface area contributed by atoms with Gasteiger partial charge in [0, 0.05) is 24.0 Å². The Morgan fingerprint density at radius 1 is 1.47 bits per heavy atom. The molecule has 17 heavy (non-hydrogen) atoms. The van der Waals surface area contributed by atoms with E-state index in [1.54, 1.807) is 6.20 Å². The number of fused-ring (bicyclic) bond motifs is 1. The zero-order chi connectivity index (χ0) is 11.7. The summed E-state index contributed by atoms with van der Waals surface area (Å²) < 4.78 is 1.91. The van der Waals surface area contributed by atoms with Crippen molar-refractivity contribution in [2.45, 2.75) is 32.2 Å². The van der Waals surface area contributed by atoms with Crippen molar-refractivity contribution >= 4 is 5.52 Å². The first-order valence-electron chi connectivity index (χ1n) is 6.40. The number of hydrogen-bond acceptors (Lipinski definition) is 3. The van der Waals surface area contributed by atoms with Gasteiger partial charge in [-0.1, -0.05) is 6.92 Å². The molecule has 0 amide bonds. The maximum absolute atomic E-state index is 4.39. The lowest BCUT2D eigenvalue weighted by atomic mass is 10.0. The summed E-state index contributed by atoms with van der Waals surface area (Å²) in [6.45, 7) is 3.27. The number of nitrogens with zero attached hydrogens (tertiary/aromatic N) is 3. The number of nitrogens with one attached hydrogen (secondary N) is 1. The first-order chi connectivity index (χ1) is 8.40. The maximum atomic E-state index is 4.39. The molecule has 2 aromatic rings. The summed E-state index contributed by atoms with van der Waals surface area (Å²) in [5, 5.41) is 8.04. The van der Waals surface area contributed by atoms with Crippen LogP contribution in [0.25, 0.3) is 5.52 Å². The third-order valence-corrected chi connectivity index (χ3v) is 3.40. The minimum Gasteiger partial charge on any atom is -0.310 e. The van der Waals surface area contributed by atoms with Gasteiger partial charge < -0.3 is 5.32 Å². The Bertz CT molecular complexity index is 501. The predicted octanol–water partition coefficient (Wildman–Crippen LogP) is 2.18. The Hall–Kier alpha value is -1.42. The first-order valence-corrected chi connectivity index (χ1v) is 6.40. The molecule has 1 aliphatic carbocycles. The van der Waals surface area contributed by atoms with Crippen molar-refractivity contribution in [3.8, 4) is 0 Å². The van der Waals surface area contributed by atoms with Crippen molar-refractivity contribution in [3.63, 3.8) is 0 Å². The Morgan fingerprint density at radius 3 is 3.12 bits per heavy atom. The Morgan fingerprint density at radius 2 is 2.35 bits per heavy atom. The summed E-state index contributed by atoms with van der Waals surface area (Å²) in [6.07, 6.45) is 11.4. The smallest absolute Gasteiger partial charge is 0.0892 e. The summed E-state index contributed by atoms with van der Waals surface area (Å²) in [7, 11) is 0. The molecule has 2 aromatic heterocycles. The standard InChI is InChI=1S/C13H18N4/c1-2-5-15-13(10-3-4-10)11-8-16-17-7-6-14-9-12(11)17/h6-10,13,15H,2-5H2,1H3. The molecule has 4 heteroatoms. The van der Waals surface area contributed by atoms with Crippen LogP contribution in [-0.2, 0) is 0 Å². The largest absolute Gasteiger partial charge is 0.310 e. The van der Waals surface area contributed by atoms with Gasteiger partial charge in [0.05, 0.1) is 17.9 Å². The second kappa shape index (κ2) is 4.45. The normalized spacial score (nSPS) is 17.5. The first kappa shape index (κ1) is 10.7. The van der Waals surface area contributed by atoms with E-state index >= 15 is 0 Å². The van der Waals surface area contributed by atoms with Crippen LogP contribution in [0.2, 0.25) is 0 Å². The second-order valence-electron chi connectivity index (χ2n) is 4.78. The van der Waals surface area contributed by atoms with Crippen molar-refractivity contribution in [3.05, 3.63) is 30.4 Å². The van der Waals surface area contributed by atoms with Gasteiger partial charge in [0.25, 0.3) is 0 Å². The SMILES string of the molecule is CCCNC(c1cnn2ccncc12)C1CC1. The molecule has 0 saturated heterocycles. The van der Waals surface area contributed by atoms with Crippen molar-refractivity contribution in [1.29, 1.82) is 0 Å². The molecule has 0 bridgehead atoms. The lowest BCUT2D eigenvalue weighted by Crippen LogP contribution is -2.23. The maximum Gasteiger partial charge on any atom is 0.0892 e. The molecule has 1 saturated carbocycles. The topological polar surface area (TPSA) is 42.2 Å². The minimum atomic E-state index is 0.455. The summed E-state index contributed by atoms with van der Waals surface area (Å²) >= 11 is 0. The minimum absolute atomic E-state index is 0.455. The predicted molar refractivity (Wildman–Crippen MR) is 66.7 cm³/mol. The van der Waals surface area contributed by atoms with Crippen molar-refractivity contribution < 1.29 is 0 Å². The number of hydrogen-bond donors (Lipinski definition) is 1. The average molecular weight is 230 g/mol. The van der Waals surface area contributed by atoms with Crippen LogP contribution in [0.4, 0.5) is 0 Å². The molecule has 0 spiro atoms. The van der Waals surface area contributed by atoms with Gasteiger partial charge in [-0.2, -0.15) is 5.10 Å². The second-order valence-corrected chi connectivity index (χ2v) is 4.78. The zero-order valence-electron chi connectivity index (χ0n) is 10.1. The van der Waals surface area contributed by atoms with Gasteiger partial charge in [-0.3, -0.25) is 4.98 Å². The van der Waals surface area contributed by atoms with Crippen molar-refractivity contribution in [2.75, 3.05) is 6.54 Å². The average Bonchev–Trinajstić information content (AvgIpc) is 3.11. The van der Waals surface area contributed by atoms with Crippen LogP contribution in [0.15, 0.2) is 24.8 Å². The molecule has 0 radical (unpaired) electrons.